The predicted molar refractivity (Wildman–Crippen MR) is 171 cm³/mol. The van der Waals surface area contributed by atoms with E-state index in [0.717, 1.165) is 41.5 Å². The highest BCUT2D eigenvalue weighted by Gasteiger charge is 2.30. The first-order valence-corrected chi connectivity index (χ1v) is 16.7. The lowest BCUT2D eigenvalue weighted by molar-refractivity contribution is -0.141. The maximum absolute atomic E-state index is 13.9. The number of sulfonamides is 1. The van der Waals surface area contributed by atoms with E-state index < -0.39 is 16.1 Å². The van der Waals surface area contributed by atoms with Crippen LogP contribution in [0.25, 0.3) is 0 Å². The maximum Gasteiger partial charge on any atom is 0.243 e. The van der Waals surface area contributed by atoms with Crippen molar-refractivity contribution in [2.45, 2.75) is 71.9 Å². The zero-order valence-electron chi connectivity index (χ0n) is 25.4. The third kappa shape index (κ3) is 10.0. The van der Waals surface area contributed by atoms with Gasteiger partial charge in [-0.2, -0.15) is 0 Å². The number of aryl methyl sites for hydroxylation is 2. The Morgan fingerprint density at radius 2 is 1.55 bits per heavy atom. The molecule has 1 atom stereocenters. The fourth-order valence-corrected chi connectivity index (χ4v) is 5.93. The first kappa shape index (κ1) is 32.9. The molecular weight excluding hydrogens is 546 g/mol. The number of hydrogen-bond acceptors (Lipinski definition) is 4. The first-order valence-electron chi connectivity index (χ1n) is 14.9. The quantitative estimate of drug-likeness (QED) is 0.218. The van der Waals surface area contributed by atoms with Gasteiger partial charge in [-0.25, -0.2) is 8.42 Å². The van der Waals surface area contributed by atoms with Crippen LogP contribution in [0, 0.1) is 6.92 Å². The molecule has 3 rings (SSSR count). The molecule has 0 aliphatic carbocycles. The van der Waals surface area contributed by atoms with E-state index in [0.29, 0.717) is 25.1 Å². The van der Waals surface area contributed by atoms with Crippen LogP contribution in [0.2, 0.25) is 0 Å². The average molecular weight is 592 g/mol. The molecule has 0 aliphatic heterocycles. The highest BCUT2D eigenvalue weighted by atomic mass is 32.2. The zero-order valence-corrected chi connectivity index (χ0v) is 26.2. The number of nitrogens with one attached hydrogen (secondary N) is 1. The number of rotatable bonds is 16. The van der Waals surface area contributed by atoms with Gasteiger partial charge in [-0.15, -0.1) is 0 Å². The molecule has 1 N–H and O–H groups in total. The van der Waals surface area contributed by atoms with E-state index in [1.165, 1.54) is 10.6 Å². The molecule has 0 aliphatic rings. The van der Waals surface area contributed by atoms with Crippen LogP contribution in [0.15, 0.2) is 78.9 Å². The van der Waals surface area contributed by atoms with Crippen LogP contribution in [0.1, 0.15) is 61.8 Å². The summed E-state index contributed by atoms with van der Waals surface area (Å²) in [6, 6.07) is 24.4. The summed E-state index contributed by atoms with van der Waals surface area (Å²) in [5.41, 5.74) is 4.68. The fourth-order valence-electron chi connectivity index (χ4n) is 4.97. The molecule has 0 bridgehead atoms. The molecule has 0 fully saturated rings. The standard InChI is InChI=1S/C34H45N3O4S/c1-5-7-22-35-34(39)32(25-29-14-9-8-10-15-29)36(26-30-16-11-13-27(3)24-30)33(38)17-12-23-37(42(4,40)41)31-20-18-28(6-2)19-21-31/h8-11,13-16,18-21,24,32H,5-7,12,17,22-23,25-26H2,1-4H3,(H,35,39)/t32-/m1/s1. The molecule has 7 nitrogen and oxygen atoms in total. The molecule has 3 aromatic rings. The van der Waals surface area contributed by atoms with Crippen molar-refractivity contribution in [3.63, 3.8) is 0 Å². The molecular formula is C34H45N3O4S. The minimum atomic E-state index is -3.55. The summed E-state index contributed by atoms with van der Waals surface area (Å²) in [7, 11) is -3.55. The van der Waals surface area contributed by atoms with Gasteiger partial charge in [0.2, 0.25) is 21.8 Å². The normalized spacial score (nSPS) is 12.0. The van der Waals surface area contributed by atoms with E-state index in [2.05, 4.69) is 12.2 Å². The van der Waals surface area contributed by atoms with E-state index in [1.807, 2.05) is 92.7 Å². The third-order valence-corrected chi connectivity index (χ3v) is 8.51. The van der Waals surface area contributed by atoms with Gasteiger partial charge in [0.1, 0.15) is 6.04 Å². The van der Waals surface area contributed by atoms with E-state index >= 15 is 0 Å². The van der Waals surface area contributed by atoms with Crippen molar-refractivity contribution in [1.29, 1.82) is 0 Å². The first-order chi connectivity index (χ1) is 20.1. The van der Waals surface area contributed by atoms with Gasteiger partial charge < -0.3 is 10.2 Å². The summed E-state index contributed by atoms with van der Waals surface area (Å²) in [6.45, 7) is 7.12. The van der Waals surface area contributed by atoms with Gasteiger partial charge in [0, 0.05) is 32.5 Å². The largest absolute Gasteiger partial charge is 0.354 e. The number of amides is 2. The number of nitrogens with zero attached hydrogens (tertiary/aromatic N) is 2. The number of unbranched alkanes of at least 4 members (excludes halogenated alkanes) is 1. The van der Waals surface area contributed by atoms with E-state index in [4.69, 9.17) is 0 Å². The summed E-state index contributed by atoms with van der Waals surface area (Å²) in [4.78, 5) is 29.2. The third-order valence-electron chi connectivity index (χ3n) is 7.32. The lowest BCUT2D eigenvalue weighted by atomic mass is 10.0. The molecule has 226 valence electrons. The molecule has 0 spiro atoms. The van der Waals surface area contributed by atoms with Gasteiger partial charge in [-0.1, -0.05) is 92.6 Å². The smallest absolute Gasteiger partial charge is 0.243 e. The molecule has 0 aromatic heterocycles. The zero-order chi connectivity index (χ0) is 30.5. The monoisotopic (exact) mass is 591 g/mol. The minimum Gasteiger partial charge on any atom is -0.354 e. The van der Waals surface area contributed by atoms with E-state index in [1.54, 1.807) is 4.90 Å². The van der Waals surface area contributed by atoms with Gasteiger partial charge in [-0.05, 0) is 55.0 Å². The summed E-state index contributed by atoms with van der Waals surface area (Å²) in [6.07, 6.45) is 4.67. The molecule has 8 heteroatoms. The Hall–Kier alpha value is -3.65. The van der Waals surface area contributed by atoms with Crippen LogP contribution in [-0.4, -0.2) is 50.5 Å². The highest BCUT2D eigenvalue weighted by molar-refractivity contribution is 7.92. The van der Waals surface area contributed by atoms with Crippen LogP contribution in [0.4, 0.5) is 5.69 Å². The van der Waals surface area contributed by atoms with Crippen molar-refractivity contribution < 1.29 is 18.0 Å². The molecule has 0 unspecified atom stereocenters. The summed E-state index contributed by atoms with van der Waals surface area (Å²) in [5, 5.41) is 3.04. The van der Waals surface area contributed by atoms with Crippen LogP contribution >= 0.6 is 0 Å². The molecule has 0 heterocycles. The Balaban J connectivity index is 1.86. The number of carbonyl (C=O) groups is 2. The van der Waals surface area contributed by atoms with Crippen molar-refractivity contribution in [3.05, 3.63) is 101 Å². The van der Waals surface area contributed by atoms with E-state index in [-0.39, 0.29) is 31.3 Å². The van der Waals surface area contributed by atoms with Crippen molar-refractivity contribution in [3.8, 4) is 0 Å². The predicted octanol–water partition coefficient (Wildman–Crippen LogP) is 5.66. The second kappa shape index (κ2) is 16.1. The Labute approximate surface area is 252 Å². The topological polar surface area (TPSA) is 86.8 Å². The Bertz CT molecular complexity index is 1390. The second-order valence-electron chi connectivity index (χ2n) is 10.8. The molecule has 0 saturated heterocycles. The molecule has 3 aromatic carbocycles. The van der Waals surface area contributed by atoms with Gasteiger partial charge in [0.05, 0.1) is 11.9 Å². The van der Waals surface area contributed by atoms with Crippen LogP contribution in [-0.2, 0) is 39.0 Å². The van der Waals surface area contributed by atoms with Gasteiger partial charge in [0.25, 0.3) is 0 Å². The average Bonchev–Trinajstić information content (AvgIpc) is 2.97. The second-order valence-corrected chi connectivity index (χ2v) is 12.7. The Kier molecular flexibility index (Phi) is 12.6. The van der Waals surface area contributed by atoms with Crippen molar-refractivity contribution in [2.24, 2.45) is 0 Å². The van der Waals surface area contributed by atoms with Gasteiger partial charge in [-0.3, -0.25) is 13.9 Å². The fraction of sp³-hybridized carbons (Fsp3) is 0.412. The highest BCUT2D eigenvalue weighted by Crippen LogP contribution is 2.21. The lowest BCUT2D eigenvalue weighted by Gasteiger charge is -2.32. The van der Waals surface area contributed by atoms with Gasteiger partial charge in [0.15, 0.2) is 0 Å². The van der Waals surface area contributed by atoms with E-state index in [9.17, 15) is 18.0 Å². The summed E-state index contributed by atoms with van der Waals surface area (Å²) < 4.78 is 26.7. The summed E-state index contributed by atoms with van der Waals surface area (Å²) >= 11 is 0. The van der Waals surface area contributed by atoms with Gasteiger partial charge >= 0.3 is 0 Å². The molecule has 42 heavy (non-hydrogen) atoms. The minimum absolute atomic E-state index is 0.110. The van der Waals surface area contributed by atoms with Crippen LogP contribution in [0.5, 0.6) is 0 Å². The lowest BCUT2D eigenvalue weighted by Crippen LogP contribution is -2.50. The number of hydrogen-bond donors (Lipinski definition) is 1. The van der Waals surface area contributed by atoms with Crippen LogP contribution < -0.4 is 9.62 Å². The SMILES string of the molecule is CCCCNC(=O)[C@@H](Cc1ccccc1)N(Cc1cccc(C)c1)C(=O)CCCN(c1ccc(CC)cc1)S(C)(=O)=O. The number of carbonyl (C=O) groups excluding carboxylic acids is 2. The molecule has 0 radical (unpaired) electrons. The van der Waals surface area contributed by atoms with Crippen molar-refractivity contribution in [2.75, 3.05) is 23.7 Å². The van der Waals surface area contributed by atoms with Crippen molar-refractivity contribution in [1.82, 2.24) is 10.2 Å². The van der Waals surface area contributed by atoms with Crippen molar-refractivity contribution >= 4 is 27.5 Å². The Morgan fingerprint density at radius 3 is 2.17 bits per heavy atom. The maximum atomic E-state index is 13.9. The number of anilines is 1. The number of benzene rings is 3. The Morgan fingerprint density at radius 1 is 0.857 bits per heavy atom. The molecule has 0 saturated carbocycles. The summed E-state index contributed by atoms with van der Waals surface area (Å²) in [5.74, 6) is -0.361. The van der Waals surface area contributed by atoms with Crippen LogP contribution in [0.3, 0.4) is 0 Å². The molecule has 2 amide bonds.